The van der Waals surface area contributed by atoms with E-state index in [0.29, 0.717) is 12.1 Å². The fraction of sp³-hybridized carbons (Fsp3) is 0.158. The number of halogens is 1. The van der Waals surface area contributed by atoms with Crippen LogP contribution in [-0.2, 0) is 11.3 Å². The topological polar surface area (TPSA) is 62.2 Å². The van der Waals surface area contributed by atoms with Gasteiger partial charge in [0.05, 0.1) is 18.0 Å². The molecule has 0 aliphatic heterocycles. The molecule has 0 aliphatic carbocycles. The lowest BCUT2D eigenvalue weighted by molar-refractivity contribution is -0.123. The van der Waals surface area contributed by atoms with Crippen molar-refractivity contribution < 1.29 is 14.3 Å². The zero-order chi connectivity index (χ0) is 16.9. The molecule has 5 heteroatoms. The van der Waals surface area contributed by atoms with Gasteiger partial charge in [0.15, 0.2) is 0 Å². The standard InChI is InChI=1S/C19H17FN2O2/c20-15-5-3-4-13(10-15)18(23)11-19(24)22-12-14-8-9-21-17-7-2-1-6-16(14)17/h1-10,18,23H,11-12H2,(H,22,24). The zero-order valence-electron chi connectivity index (χ0n) is 12.9. The molecular formula is C19H17FN2O2. The maximum absolute atomic E-state index is 13.2. The van der Waals surface area contributed by atoms with Crippen LogP contribution in [-0.4, -0.2) is 16.0 Å². The molecule has 1 amide bonds. The molecule has 24 heavy (non-hydrogen) atoms. The van der Waals surface area contributed by atoms with Crippen LogP contribution in [0.25, 0.3) is 10.9 Å². The van der Waals surface area contributed by atoms with E-state index in [2.05, 4.69) is 10.3 Å². The molecule has 122 valence electrons. The fourth-order valence-electron chi connectivity index (χ4n) is 2.58. The third-order valence-corrected chi connectivity index (χ3v) is 3.83. The minimum absolute atomic E-state index is 0.119. The number of para-hydroxylation sites is 1. The fourth-order valence-corrected chi connectivity index (χ4v) is 2.58. The van der Waals surface area contributed by atoms with Gasteiger partial charge in [0.25, 0.3) is 0 Å². The number of nitrogens with one attached hydrogen (secondary N) is 1. The lowest BCUT2D eigenvalue weighted by Gasteiger charge is -2.12. The van der Waals surface area contributed by atoms with Gasteiger partial charge in [-0.25, -0.2) is 4.39 Å². The van der Waals surface area contributed by atoms with Gasteiger partial charge in [0.1, 0.15) is 5.82 Å². The maximum Gasteiger partial charge on any atom is 0.223 e. The number of aliphatic hydroxyl groups is 1. The van der Waals surface area contributed by atoms with E-state index >= 15 is 0 Å². The first kappa shape index (κ1) is 16.1. The molecular weight excluding hydrogens is 307 g/mol. The number of hydrogen-bond acceptors (Lipinski definition) is 3. The van der Waals surface area contributed by atoms with Crippen molar-refractivity contribution >= 4 is 16.8 Å². The van der Waals surface area contributed by atoms with Crippen LogP contribution in [0.4, 0.5) is 4.39 Å². The van der Waals surface area contributed by atoms with Crippen molar-refractivity contribution in [1.29, 1.82) is 0 Å². The first-order chi connectivity index (χ1) is 11.6. The van der Waals surface area contributed by atoms with Crippen LogP contribution in [0.2, 0.25) is 0 Å². The highest BCUT2D eigenvalue weighted by atomic mass is 19.1. The van der Waals surface area contributed by atoms with Crippen LogP contribution in [0, 0.1) is 5.82 Å². The van der Waals surface area contributed by atoms with Crippen molar-refractivity contribution in [3.8, 4) is 0 Å². The number of hydrogen-bond donors (Lipinski definition) is 2. The number of pyridine rings is 1. The smallest absolute Gasteiger partial charge is 0.223 e. The third-order valence-electron chi connectivity index (χ3n) is 3.83. The van der Waals surface area contributed by atoms with Crippen molar-refractivity contribution in [2.75, 3.05) is 0 Å². The van der Waals surface area contributed by atoms with Gasteiger partial charge in [-0.15, -0.1) is 0 Å². The molecule has 2 N–H and O–H groups in total. The van der Waals surface area contributed by atoms with Gasteiger partial charge in [-0.2, -0.15) is 0 Å². The predicted octanol–water partition coefficient (Wildman–Crippen LogP) is 3.11. The number of carbonyl (C=O) groups is 1. The summed E-state index contributed by atoms with van der Waals surface area (Å²) in [6.45, 7) is 0.345. The number of nitrogens with zero attached hydrogens (tertiary/aromatic N) is 1. The third kappa shape index (κ3) is 3.75. The second-order valence-electron chi connectivity index (χ2n) is 5.54. The van der Waals surface area contributed by atoms with Gasteiger partial charge in [0, 0.05) is 18.1 Å². The normalized spacial score (nSPS) is 12.1. The summed E-state index contributed by atoms with van der Waals surface area (Å²) in [5.74, 6) is -0.733. The molecule has 0 fully saturated rings. The van der Waals surface area contributed by atoms with Crippen LogP contribution >= 0.6 is 0 Å². The van der Waals surface area contributed by atoms with E-state index in [9.17, 15) is 14.3 Å². The summed E-state index contributed by atoms with van der Waals surface area (Å²) in [5, 5.41) is 13.8. The maximum atomic E-state index is 13.2. The number of fused-ring (bicyclic) bond motifs is 1. The minimum Gasteiger partial charge on any atom is -0.388 e. The molecule has 0 radical (unpaired) electrons. The number of aromatic nitrogens is 1. The summed E-state index contributed by atoms with van der Waals surface area (Å²) in [6.07, 6.45) is 0.549. The Morgan fingerprint density at radius 3 is 2.83 bits per heavy atom. The highest BCUT2D eigenvalue weighted by Crippen LogP contribution is 2.18. The van der Waals surface area contributed by atoms with Crippen molar-refractivity contribution in [3.05, 3.63) is 77.7 Å². The minimum atomic E-state index is -1.03. The average Bonchev–Trinajstić information content (AvgIpc) is 2.60. The SMILES string of the molecule is O=C(CC(O)c1cccc(F)c1)NCc1ccnc2ccccc12. The van der Waals surface area contributed by atoms with Gasteiger partial charge in [0.2, 0.25) is 5.91 Å². The van der Waals surface area contributed by atoms with Crippen LogP contribution in [0.3, 0.4) is 0 Å². The summed E-state index contributed by atoms with van der Waals surface area (Å²) < 4.78 is 13.2. The van der Waals surface area contributed by atoms with Gasteiger partial charge < -0.3 is 10.4 Å². The van der Waals surface area contributed by atoms with E-state index in [1.807, 2.05) is 30.3 Å². The van der Waals surface area contributed by atoms with Gasteiger partial charge in [-0.05, 0) is 35.4 Å². The Bertz CT molecular complexity index is 861. The molecule has 0 aliphatic rings. The molecule has 0 saturated carbocycles. The van der Waals surface area contributed by atoms with E-state index in [1.165, 1.54) is 18.2 Å². The first-order valence-corrected chi connectivity index (χ1v) is 7.66. The van der Waals surface area contributed by atoms with E-state index in [-0.39, 0.29) is 12.3 Å². The van der Waals surface area contributed by atoms with Gasteiger partial charge >= 0.3 is 0 Å². The lowest BCUT2D eigenvalue weighted by Crippen LogP contribution is -2.24. The highest BCUT2D eigenvalue weighted by Gasteiger charge is 2.13. The second kappa shape index (κ2) is 7.19. The second-order valence-corrected chi connectivity index (χ2v) is 5.54. The molecule has 2 aromatic carbocycles. The number of carbonyl (C=O) groups excluding carboxylic acids is 1. The van der Waals surface area contributed by atoms with Crippen LogP contribution in [0.5, 0.6) is 0 Å². The van der Waals surface area contributed by atoms with Crippen molar-refractivity contribution in [2.45, 2.75) is 19.1 Å². The van der Waals surface area contributed by atoms with E-state index in [4.69, 9.17) is 0 Å². The Hall–Kier alpha value is -2.79. The predicted molar refractivity (Wildman–Crippen MR) is 89.6 cm³/mol. The molecule has 1 heterocycles. The Labute approximate surface area is 139 Å². The highest BCUT2D eigenvalue weighted by molar-refractivity contribution is 5.83. The number of rotatable bonds is 5. The monoisotopic (exact) mass is 324 g/mol. The molecule has 3 rings (SSSR count). The molecule has 0 bridgehead atoms. The van der Waals surface area contributed by atoms with Gasteiger partial charge in [-0.3, -0.25) is 9.78 Å². The summed E-state index contributed by atoms with van der Waals surface area (Å²) in [4.78, 5) is 16.3. The summed E-state index contributed by atoms with van der Waals surface area (Å²) in [6, 6.07) is 15.2. The number of aliphatic hydroxyl groups excluding tert-OH is 1. The Kier molecular flexibility index (Phi) is 4.82. The van der Waals surface area contributed by atoms with Crippen LogP contribution in [0.15, 0.2) is 60.8 Å². The average molecular weight is 324 g/mol. The van der Waals surface area contributed by atoms with E-state index < -0.39 is 11.9 Å². The first-order valence-electron chi connectivity index (χ1n) is 7.66. The number of amides is 1. The summed E-state index contributed by atoms with van der Waals surface area (Å²) in [7, 11) is 0. The van der Waals surface area contributed by atoms with Gasteiger partial charge in [-0.1, -0.05) is 30.3 Å². The molecule has 0 spiro atoms. The Morgan fingerprint density at radius 2 is 2.00 bits per heavy atom. The van der Waals surface area contributed by atoms with Crippen LogP contribution < -0.4 is 5.32 Å². The van der Waals surface area contributed by atoms with Crippen molar-refractivity contribution in [1.82, 2.24) is 10.3 Å². The van der Waals surface area contributed by atoms with Crippen LogP contribution in [0.1, 0.15) is 23.7 Å². The summed E-state index contributed by atoms with van der Waals surface area (Å²) >= 11 is 0. The molecule has 1 unspecified atom stereocenters. The molecule has 1 aromatic heterocycles. The van der Waals surface area contributed by atoms with E-state index in [1.54, 1.807) is 12.3 Å². The quantitative estimate of drug-likeness (QED) is 0.758. The largest absolute Gasteiger partial charge is 0.388 e. The van der Waals surface area contributed by atoms with Crippen molar-refractivity contribution in [2.24, 2.45) is 0 Å². The molecule has 3 aromatic rings. The molecule has 4 nitrogen and oxygen atoms in total. The zero-order valence-corrected chi connectivity index (χ0v) is 12.9. The summed E-state index contributed by atoms with van der Waals surface area (Å²) in [5.41, 5.74) is 2.21. The Balaban J connectivity index is 1.63. The lowest BCUT2D eigenvalue weighted by atomic mass is 10.1. The van der Waals surface area contributed by atoms with Crippen molar-refractivity contribution in [3.63, 3.8) is 0 Å². The molecule has 0 saturated heterocycles. The number of benzene rings is 2. The Morgan fingerprint density at radius 1 is 1.17 bits per heavy atom. The molecule has 1 atom stereocenters. The van der Waals surface area contributed by atoms with E-state index in [0.717, 1.165) is 16.5 Å².